The van der Waals surface area contributed by atoms with Crippen LogP contribution in [0.3, 0.4) is 0 Å². The molecule has 0 aromatic heterocycles. The highest BCUT2D eigenvalue weighted by Crippen LogP contribution is 2.15. The Morgan fingerprint density at radius 2 is 2.17 bits per heavy atom. The van der Waals surface area contributed by atoms with Crippen molar-refractivity contribution in [1.29, 1.82) is 0 Å². The molecule has 0 saturated heterocycles. The van der Waals surface area contributed by atoms with Gasteiger partial charge in [0.05, 0.1) is 0 Å². The van der Waals surface area contributed by atoms with E-state index in [1.54, 1.807) is 10.8 Å². The second kappa shape index (κ2) is 9.21. The van der Waals surface area contributed by atoms with Crippen molar-refractivity contribution in [3.63, 3.8) is 0 Å². The van der Waals surface area contributed by atoms with Crippen LogP contribution in [0.25, 0.3) is 0 Å². The smallest absolute Gasteiger partial charge is 0.0424 e. The van der Waals surface area contributed by atoms with Crippen molar-refractivity contribution >= 4 is 42.0 Å². The van der Waals surface area contributed by atoms with Crippen molar-refractivity contribution in [2.24, 2.45) is 4.40 Å². The van der Waals surface area contributed by atoms with Crippen LogP contribution in [0.15, 0.2) is 4.40 Å². The molecule has 0 fully saturated rings. The number of nitrogens with zero attached hydrogens (tertiary/aromatic N) is 1. The van der Waals surface area contributed by atoms with E-state index < -0.39 is 0 Å². The molecular weight excluding hydrogens is 134 g/mol. The molecule has 0 saturated carbocycles. The summed E-state index contributed by atoms with van der Waals surface area (Å²) in [6.07, 6.45) is 1.96. The summed E-state index contributed by atoms with van der Waals surface area (Å²) in [5.41, 5.74) is 0. The van der Waals surface area contributed by atoms with E-state index >= 15 is 0 Å². The lowest BCUT2D eigenvalue weighted by molar-refractivity contribution is 2.07. The van der Waals surface area contributed by atoms with E-state index in [0.717, 1.165) is 0 Å². The zero-order valence-electron chi connectivity index (χ0n) is 3.47. The van der Waals surface area contributed by atoms with Crippen molar-refractivity contribution in [3.05, 3.63) is 0 Å². The van der Waals surface area contributed by atoms with E-state index in [2.05, 4.69) is 11.1 Å². The van der Waals surface area contributed by atoms with Crippen LogP contribution in [0.2, 0.25) is 0 Å². The van der Waals surface area contributed by atoms with Gasteiger partial charge in [-0.25, -0.2) is 4.40 Å². The summed E-state index contributed by atoms with van der Waals surface area (Å²) >= 11 is 0. The Bertz CT molecular complexity index is 30.0. The highest BCUT2D eigenvalue weighted by Gasteiger charge is 1.62. The lowest BCUT2D eigenvalue weighted by Crippen LogP contribution is -1.30. The Kier molecular flexibility index (Phi) is 15.1. The molecule has 0 unspecified atom stereocenters. The second-order valence-corrected chi connectivity index (χ2v) is 2.56. The molecule has 6 heavy (non-hydrogen) atoms. The van der Waals surface area contributed by atoms with E-state index in [1.807, 2.05) is 6.26 Å². The maximum absolute atomic E-state index is 3.48. The Hall–Kier alpha value is 0.720. The third-order valence-electron chi connectivity index (χ3n) is 0.127. The third kappa shape index (κ3) is 8.83. The minimum Gasteiger partial charge on any atom is -0.221 e. The Labute approximate surface area is 53.0 Å². The van der Waals surface area contributed by atoms with Crippen LogP contribution in [0, 0.1) is 0 Å². The zero-order chi connectivity index (χ0) is 4.12. The summed E-state index contributed by atoms with van der Waals surface area (Å²) in [6, 6.07) is 0. The molecule has 0 atom stereocenters. The molecule has 0 aliphatic heterocycles. The van der Waals surface area contributed by atoms with E-state index in [1.165, 1.54) is 11.0 Å². The van der Waals surface area contributed by atoms with Crippen molar-refractivity contribution < 1.29 is 0 Å². The first-order chi connectivity index (χ1) is 2.41. The number of hydrogen-bond donors (Lipinski definition) is 0. The minimum atomic E-state index is 0. The fraction of sp³-hybridized carbons (Fsp3) is 0.500. The first-order valence-electron chi connectivity index (χ1n) is 1.07. The van der Waals surface area contributed by atoms with E-state index in [0.29, 0.717) is 0 Å². The van der Waals surface area contributed by atoms with E-state index in [-0.39, 0.29) is 13.5 Å². The molecule has 0 aliphatic rings. The predicted molar refractivity (Wildman–Crippen MR) is 41.0 cm³/mol. The van der Waals surface area contributed by atoms with Crippen molar-refractivity contribution in [1.82, 2.24) is 0 Å². The molecule has 0 spiro atoms. The first kappa shape index (κ1) is 9.87. The molecule has 0 aliphatic carbocycles. The Morgan fingerprint density at radius 1 is 1.67 bits per heavy atom. The molecule has 0 rings (SSSR count). The normalized spacial score (nSPS) is 6.17. The minimum absolute atomic E-state index is 0. The van der Waals surface area contributed by atoms with Gasteiger partial charge < -0.3 is 0 Å². The summed E-state index contributed by atoms with van der Waals surface area (Å²) in [7, 11) is 2.98. The van der Waals surface area contributed by atoms with E-state index in [4.69, 9.17) is 0 Å². The van der Waals surface area contributed by atoms with Gasteiger partial charge in [0.25, 0.3) is 0 Å². The average molecular weight is 141 g/mol. The van der Waals surface area contributed by atoms with Gasteiger partial charge in [-0.2, -0.15) is 13.5 Å². The maximum Gasteiger partial charge on any atom is 0.0424 e. The third-order valence-corrected chi connectivity index (χ3v) is 1.15. The second-order valence-electron chi connectivity index (χ2n) is 0.370. The monoisotopic (exact) mass is 141 g/mol. The molecule has 0 heterocycles. The fourth-order valence-electron chi connectivity index (χ4n) is 0.0527. The van der Waals surface area contributed by atoms with Gasteiger partial charge >= 0.3 is 0 Å². The number of rotatable bonds is 2. The summed E-state index contributed by atoms with van der Waals surface area (Å²) in [5, 5.41) is 0. The van der Waals surface area contributed by atoms with Gasteiger partial charge in [-0.05, 0) is 13.0 Å². The number of hydrogen-bond acceptors (Lipinski definition) is 3. The van der Waals surface area contributed by atoms with Gasteiger partial charge in [-0.3, -0.25) is 0 Å². The van der Waals surface area contributed by atoms with Gasteiger partial charge in [0, 0.05) is 11.0 Å². The van der Waals surface area contributed by atoms with Gasteiger partial charge in [-0.1, -0.05) is 10.8 Å². The van der Waals surface area contributed by atoms with Crippen LogP contribution >= 0.6 is 35.3 Å². The first-order valence-corrected chi connectivity index (χ1v) is 3.59. The molecule has 0 aromatic rings. The molecule has 0 bridgehead atoms. The lowest BCUT2D eigenvalue weighted by Gasteiger charge is -1.72. The van der Waals surface area contributed by atoms with Crippen LogP contribution in [0.5, 0.6) is 0 Å². The Morgan fingerprint density at radius 3 is 2.17 bits per heavy atom. The zero-order valence-corrected chi connectivity index (χ0v) is 6.10. The summed E-state index contributed by atoms with van der Waals surface area (Å²) < 4.78 is 3.48. The van der Waals surface area contributed by atoms with Crippen LogP contribution in [-0.2, 0) is 0 Å². The maximum atomic E-state index is 3.48. The van der Waals surface area contributed by atoms with Gasteiger partial charge in [0.2, 0.25) is 0 Å². The summed E-state index contributed by atoms with van der Waals surface area (Å²) in [5.74, 6) is 0. The summed E-state index contributed by atoms with van der Waals surface area (Å²) in [6.45, 7) is 3.24. The quantitative estimate of drug-likeness (QED) is 0.330. The van der Waals surface area contributed by atoms with Gasteiger partial charge in [0.1, 0.15) is 0 Å². The van der Waals surface area contributed by atoms with Crippen LogP contribution in [-0.4, -0.2) is 13.0 Å². The summed E-state index contributed by atoms with van der Waals surface area (Å²) in [4.78, 5) is 0. The molecule has 0 N–H and O–H groups in total. The van der Waals surface area contributed by atoms with Crippen LogP contribution in [0.4, 0.5) is 0 Å². The molecule has 1 nitrogen and oxygen atoms in total. The van der Waals surface area contributed by atoms with Gasteiger partial charge in [0.15, 0.2) is 0 Å². The van der Waals surface area contributed by atoms with E-state index in [9.17, 15) is 0 Å². The fourth-order valence-corrected chi connectivity index (χ4v) is 0.474. The van der Waals surface area contributed by atoms with Crippen LogP contribution < -0.4 is 0 Å². The lowest BCUT2D eigenvalue weighted by atomic mass is 11.8. The molecule has 0 amide bonds. The molecular formula is C2H7NS3. The SMILES string of the molecule is C=NSSC.S. The Balaban J connectivity index is 0. The standard InChI is InChI=1S/C2H5NS2.H2S/c1-3-5-4-2;/h1H2,2H3;1H2. The highest BCUT2D eigenvalue weighted by atomic mass is 33.1. The highest BCUT2D eigenvalue weighted by molar-refractivity contribution is 8.76. The van der Waals surface area contributed by atoms with Crippen molar-refractivity contribution in [2.45, 2.75) is 0 Å². The van der Waals surface area contributed by atoms with Gasteiger partial charge in [-0.15, -0.1) is 0 Å². The van der Waals surface area contributed by atoms with Crippen LogP contribution in [0.1, 0.15) is 0 Å². The average Bonchev–Trinajstić information content (AvgIpc) is 1.41. The topological polar surface area (TPSA) is 12.4 Å². The molecule has 0 radical (unpaired) electrons. The largest absolute Gasteiger partial charge is 0.221 e. The molecule has 38 valence electrons. The molecule has 0 aromatic carbocycles. The molecule has 4 heteroatoms. The van der Waals surface area contributed by atoms with Crippen molar-refractivity contribution in [3.8, 4) is 0 Å². The van der Waals surface area contributed by atoms with Crippen molar-refractivity contribution in [2.75, 3.05) is 6.26 Å². The predicted octanol–water partition coefficient (Wildman–Crippen LogP) is 1.73.